The van der Waals surface area contributed by atoms with Crippen molar-refractivity contribution < 1.29 is 22.8 Å². The van der Waals surface area contributed by atoms with E-state index < -0.39 is 33.1 Å². The molecule has 1 aliphatic carbocycles. The van der Waals surface area contributed by atoms with E-state index in [2.05, 4.69) is 16.0 Å². The van der Waals surface area contributed by atoms with Crippen molar-refractivity contribution >= 4 is 38.9 Å². The monoisotopic (exact) mass is 379 g/mol. The largest absolute Gasteiger partial charge is 0.351 e. The van der Waals surface area contributed by atoms with Gasteiger partial charge in [-0.1, -0.05) is 0 Å². The van der Waals surface area contributed by atoms with Gasteiger partial charge in [-0.2, -0.15) is 0 Å². The Labute approximate surface area is 151 Å². The van der Waals surface area contributed by atoms with Crippen molar-refractivity contribution in [3.63, 3.8) is 0 Å². The number of sulfone groups is 1. The minimum absolute atomic E-state index is 0.0673. The zero-order valence-corrected chi connectivity index (χ0v) is 15.2. The zero-order chi connectivity index (χ0) is 18.9. The lowest BCUT2D eigenvalue weighted by molar-refractivity contribution is -0.134. The van der Waals surface area contributed by atoms with Gasteiger partial charge in [0.25, 0.3) is 0 Å². The maximum atomic E-state index is 12.5. The molecule has 0 bridgehead atoms. The van der Waals surface area contributed by atoms with Crippen LogP contribution in [0.5, 0.6) is 0 Å². The van der Waals surface area contributed by atoms with Gasteiger partial charge in [-0.15, -0.1) is 0 Å². The van der Waals surface area contributed by atoms with Crippen LogP contribution in [0, 0.1) is 5.41 Å². The maximum absolute atomic E-state index is 12.5. The summed E-state index contributed by atoms with van der Waals surface area (Å²) in [5, 5.41) is 8.05. The summed E-state index contributed by atoms with van der Waals surface area (Å²) in [6.45, 7) is 1.40. The Balaban J connectivity index is 1.60. The molecule has 1 unspecified atom stereocenters. The van der Waals surface area contributed by atoms with Crippen LogP contribution in [0.1, 0.15) is 26.2 Å². The van der Waals surface area contributed by atoms with Crippen molar-refractivity contribution in [3.05, 3.63) is 24.3 Å². The lowest BCUT2D eigenvalue weighted by atomic mass is 10.0. The van der Waals surface area contributed by atoms with Crippen molar-refractivity contribution in [1.82, 2.24) is 5.32 Å². The highest BCUT2D eigenvalue weighted by molar-refractivity contribution is 7.91. The Kier molecular flexibility index (Phi) is 4.74. The average molecular weight is 379 g/mol. The van der Waals surface area contributed by atoms with Crippen LogP contribution in [-0.2, 0) is 24.2 Å². The van der Waals surface area contributed by atoms with E-state index in [4.69, 9.17) is 0 Å². The molecule has 1 aromatic carbocycles. The lowest BCUT2D eigenvalue weighted by Gasteiger charge is -2.18. The molecule has 0 radical (unpaired) electrons. The quantitative estimate of drug-likeness (QED) is 0.649. The highest BCUT2D eigenvalue weighted by Crippen LogP contribution is 2.47. The molecule has 0 spiro atoms. The van der Waals surface area contributed by atoms with Crippen molar-refractivity contribution in [1.29, 1.82) is 0 Å². The number of hydrogen-bond acceptors (Lipinski definition) is 5. The van der Waals surface area contributed by atoms with Crippen LogP contribution in [0.25, 0.3) is 0 Å². The second kappa shape index (κ2) is 6.71. The normalized spacial score (nSPS) is 22.3. The Bertz CT molecular complexity index is 844. The number of rotatable bonds is 5. The molecule has 9 heteroatoms. The highest BCUT2D eigenvalue weighted by atomic mass is 32.2. The van der Waals surface area contributed by atoms with Crippen LogP contribution in [-0.4, -0.2) is 43.7 Å². The molecule has 1 aliphatic heterocycles. The number of amides is 3. The SMILES string of the molecule is CC(=O)Nc1ccc(NC(=O)C2(C(=O)NC3CCS(=O)(=O)C3)CC2)cc1. The molecular weight excluding hydrogens is 358 g/mol. The Morgan fingerprint density at radius 3 is 2.04 bits per heavy atom. The van der Waals surface area contributed by atoms with Crippen LogP contribution in [0.15, 0.2) is 24.3 Å². The van der Waals surface area contributed by atoms with E-state index in [1.54, 1.807) is 24.3 Å². The van der Waals surface area contributed by atoms with Gasteiger partial charge in [0.1, 0.15) is 5.41 Å². The molecule has 1 saturated heterocycles. The number of carbonyl (C=O) groups excluding carboxylic acids is 3. The molecule has 26 heavy (non-hydrogen) atoms. The molecule has 3 amide bonds. The fourth-order valence-electron chi connectivity index (χ4n) is 3.01. The van der Waals surface area contributed by atoms with E-state index in [9.17, 15) is 22.8 Å². The minimum Gasteiger partial charge on any atom is -0.351 e. The molecular formula is C17H21N3O5S. The molecule has 8 nitrogen and oxygen atoms in total. The van der Waals surface area contributed by atoms with E-state index in [0.717, 1.165) is 0 Å². The van der Waals surface area contributed by atoms with Gasteiger partial charge in [-0.05, 0) is 43.5 Å². The number of anilines is 2. The van der Waals surface area contributed by atoms with Crippen LogP contribution in [0.2, 0.25) is 0 Å². The summed E-state index contributed by atoms with van der Waals surface area (Å²) in [5.41, 5.74) is 0.00582. The van der Waals surface area contributed by atoms with Crippen molar-refractivity contribution in [2.75, 3.05) is 22.1 Å². The first kappa shape index (κ1) is 18.4. The summed E-state index contributed by atoms with van der Waals surface area (Å²) in [6.07, 6.45) is 1.26. The first-order valence-electron chi connectivity index (χ1n) is 8.41. The van der Waals surface area contributed by atoms with Crippen LogP contribution < -0.4 is 16.0 Å². The lowest BCUT2D eigenvalue weighted by Crippen LogP contribution is -2.45. The number of carbonyl (C=O) groups is 3. The predicted octanol–water partition coefficient (Wildman–Crippen LogP) is 0.667. The van der Waals surface area contributed by atoms with Crippen LogP contribution in [0.4, 0.5) is 11.4 Å². The molecule has 1 heterocycles. The smallest absolute Gasteiger partial charge is 0.240 e. The average Bonchev–Trinajstić information content (AvgIpc) is 3.29. The Morgan fingerprint density at radius 1 is 1.00 bits per heavy atom. The zero-order valence-electron chi connectivity index (χ0n) is 14.4. The minimum atomic E-state index is -3.09. The molecule has 140 valence electrons. The second-order valence-electron chi connectivity index (χ2n) is 6.87. The Hall–Kier alpha value is -2.42. The standard InChI is InChI=1S/C17H21N3O5S/c1-11(21)18-12-2-4-13(5-3-12)19-15(22)17(7-8-17)16(23)20-14-6-9-26(24,25)10-14/h2-5,14H,6-10H2,1H3,(H,18,21)(H,19,22)(H,20,23). The van der Waals surface area contributed by atoms with E-state index in [-0.39, 0.29) is 17.4 Å². The maximum Gasteiger partial charge on any atom is 0.240 e. The van der Waals surface area contributed by atoms with E-state index >= 15 is 0 Å². The molecule has 0 aromatic heterocycles. The fourth-order valence-corrected chi connectivity index (χ4v) is 4.68. The number of hydrogen-bond donors (Lipinski definition) is 3. The van der Waals surface area contributed by atoms with Gasteiger partial charge < -0.3 is 16.0 Å². The fraction of sp³-hybridized carbons (Fsp3) is 0.471. The molecule has 3 rings (SSSR count). The van der Waals surface area contributed by atoms with Gasteiger partial charge in [-0.25, -0.2) is 8.42 Å². The van der Waals surface area contributed by atoms with Gasteiger partial charge >= 0.3 is 0 Å². The Morgan fingerprint density at radius 2 is 1.58 bits per heavy atom. The van der Waals surface area contributed by atoms with E-state index in [1.165, 1.54) is 6.92 Å². The van der Waals surface area contributed by atoms with Gasteiger partial charge in [0.2, 0.25) is 17.7 Å². The molecule has 2 aliphatic rings. The summed E-state index contributed by atoms with van der Waals surface area (Å²) in [7, 11) is -3.09. The van der Waals surface area contributed by atoms with Crippen molar-refractivity contribution in [3.8, 4) is 0 Å². The van der Waals surface area contributed by atoms with Gasteiger partial charge in [0.15, 0.2) is 9.84 Å². The molecule has 1 aromatic rings. The van der Waals surface area contributed by atoms with E-state index in [0.29, 0.717) is 30.6 Å². The number of nitrogens with one attached hydrogen (secondary N) is 3. The second-order valence-corrected chi connectivity index (χ2v) is 9.10. The van der Waals surface area contributed by atoms with Gasteiger partial charge in [-0.3, -0.25) is 14.4 Å². The predicted molar refractivity (Wildman–Crippen MR) is 96.2 cm³/mol. The molecule has 2 fully saturated rings. The van der Waals surface area contributed by atoms with Gasteiger partial charge in [0.05, 0.1) is 11.5 Å². The first-order valence-corrected chi connectivity index (χ1v) is 10.2. The van der Waals surface area contributed by atoms with Gasteiger partial charge in [0, 0.05) is 24.3 Å². The molecule has 1 atom stereocenters. The van der Waals surface area contributed by atoms with Crippen molar-refractivity contribution in [2.24, 2.45) is 5.41 Å². The summed E-state index contributed by atoms with van der Waals surface area (Å²) in [4.78, 5) is 36.0. The third kappa shape index (κ3) is 4.04. The van der Waals surface area contributed by atoms with Crippen LogP contribution >= 0.6 is 0 Å². The van der Waals surface area contributed by atoms with E-state index in [1.807, 2.05) is 0 Å². The third-order valence-electron chi connectivity index (χ3n) is 4.65. The summed E-state index contributed by atoms with van der Waals surface area (Å²) < 4.78 is 23.0. The molecule has 1 saturated carbocycles. The van der Waals surface area contributed by atoms with Crippen LogP contribution in [0.3, 0.4) is 0 Å². The summed E-state index contributed by atoms with van der Waals surface area (Å²) in [5.74, 6) is -1.00. The summed E-state index contributed by atoms with van der Waals surface area (Å²) in [6, 6.07) is 6.16. The number of benzene rings is 1. The molecule has 3 N–H and O–H groups in total. The highest BCUT2D eigenvalue weighted by Gasteiger charge is 2.57. The third-order valence-corrected chi connectivity index (χ3v) is 6.42. The summed E-state index contributed by atoms with van der Waals surface area (Å²) >= 11 is 0. The topological polar surface area (TPSA) is 121 Å². The van der Waals surface area contributed by atoms with Crippen molar-refractivity contribution in [2.45, 2.75) is 32.2 Å². The first-order chi connectivity index (χ1) is 12.2.